The molecule has 0 fully saturated rings. The van der Waals surface area contributed by atoms with E-state index in [4.69, 9.17) is 16.3 Å². The normalized spacial score (nSPS) is 11.6. The van der Waals surface area contributed by atoms with E-state index in [-0.39, 0.29) is 17.1 Å². The van der Waals surface area contributed by atoms with E-state index in [1.54, 1.807) is 0 Å². The minimum Gasteiger partial charge on any atom is -0.453 e. The fraction of sp³-hybridized carbons (Fsp3) is 0.222. The molecule has 2 rings (SSSR count). The highest BCUT2D eigenvalue weighted by Crippen LogP contribution is 2.22. The second kappa shape index (κ2) is 8.45. The molecule has 24 heavy (non-hydrogen) atoms. The summed E-state index contributed by atoms with van der Waals surface area (Å²) in [5.41, 5.74) is 1.28. The number of carbonyl (C=O) groups excluding carboxylic acids is 2. The average molecular weight is 350 g/mol. The number of rotatable bonds is 6. The molecule has 126 valence electrons. The summed E-state index contributed by atoms with van der Waals surface area (Å²) in [6, 6.07) is 13.1. The predicted octanol–water partition coefficient (Wildman–Crippen LogP) is 3.98. The minimum atomic E-state index is -0.977. The van der Waals surface area contributed by atoms with Gasteiger partial charge in [0.2, 0.25) is 0 Å². The number of aryl methyl sites for hydroxylation is 1. The van der Waals surface area contributed by atoms with Crippen LogP contribution in [0.3, 0.4) is 0 Å². The third-order valence-electron chi connectivity index (χ3n) is 3.33. The molecular weight excluding hydrogens is 333 g/mol. The molecule has 2 aromatic rings. The van der Waals surface area contributed by atoms with Crippen LogP contribution in [-0.2, 0) is 20.7 Å². The van der Waals surface area contributed by atoms with Gasteiger partial charge >= 0.3 is 5.97 Å². The third kappa shape index (κ3) is 5.35. The predicted molar refractivity (Wildman–Crippen MR) is 90.4 cm³/mol. The van der Waals surface area contributed by atoms with Gasteiger partial charge in [-0.05, 0) is 37.1 Å². The van der Waals surface area contributed by atoms with Crippen LogP contribution in [0.4, 0.5) is 10.1 Å². The first-order valence-electron chi connectivity index (χ1n) is 7.45. The molecule has 0 aliphatic rings. The Balaban J connectivity index is 1.83. The maximum absolute atomic E-state index is 13.0. The first-order valence-corrected chi connectivity index (χ1v) is 7.83. The smallest absolute Gasteiger partial charge is 0.306 e. The maximum atomic E-state index is 13.0. The van der Waals surface area contributed by atoms with Crippen molar-refractivity contribution in [2.24, 2.45) is 0 Å². The SMILES string of the molecule is C[C@H](OC(=O)CCc1ccccc1)C(=O)Nc1ccc(F)cc1Cl. The number of hydrogen-bond acceptors (Lipinski definition) is 3. The summed E-state index contributed by atoms with van der Waals surface area (Å²) in [5.74, 6) is -1.50. The lowest BCUT2D eigenvalue weighted by Crippen LogP contribution is -2.30. The number of anilines is 1. The van der Waals surface area contributed by atoms with Crippen LogP contribution in [0, 0.1) is 5.82 Å². The number of ether oxygens (including phenoxy) is 1. The molecule has 0 saturated heterocycles. The van der Waals surface area contributed by atoms with Gasteiger partial charge in [0.15, 0.2) is 6.10 Å². The summed E-state index contributed by atoms with van der Waals surface area (Å²) >= 11 is 5.84. The van der Waals surface area contributed by atoms with E-state index in [0.29, 0.717) is 6.42 Å². The third-order valence-corrected chi connectivity index (χ3v) is 3.64. The highest BCUT2D eigenvalue weighted by molar-refractivity contribution is 6.33. The zero-order valence-corrected chi connectivity index (χ0v) is 13.8. The lowest BCUT2D eigenvalue weighted by Gasteiger charge is -2.14. The van der Waals surface area contributed by atoms with Crippen LogP contribution in [0.2, 0.25) is 5.02 Å². The maximum Gasteiger partial charge on any atom is 0.306 e. The lowest BCUT2D eigenvalue weighted by molar-refractivity contribution is -0.153. The van der Waals surface area contributed by atoms with Gasteiger partial charge < -0.3 is 10.1 Å². The molecule has 0 aliphatic heterocycles. The molecule has 4 nitrogen and oxygen atoms in total. The molecular formula is C18H17ClFNO3. The monoisotopic (exact) mass is 349 g/mol. The quantitative estimate of drug-likeness (QED) is 0.802. The first-order chi connectivity index (χ1) is 11.5. The van der Waals surface area contributed by atoms with E-state index in [2.05, 4.69) is 5.32 Å². The zero-order valence-electron chi connectivity index (χ0n) is 13.1. The Kier molecular flexibility index (Phi) is 6.32. The molecule has 2 aromatic carbocycles. The van der Waals surface area contributed by atoms with E-state index in [0.717, 1.165) is 11.6 Å². The van der Waals surface area contributed by atoms with Crippen LogP contribution in [0.25, 0.3) is 0 Å². The number of halogens is 2. The zero-order chi connectivity index (χ0) is 17.5. The van der Waals surface area contributed by atoms with Gasteiger partial charge in [0.25, 0.3) is 5.91 Å². The van der Waals surface area contributed by atoms with E-state index in [1.165, 1.54) is 19.1 Å². The van der Waals surface area contributed by atoms with Gasteiger partial charge in [-0.3, -0.25) is 9.59 Å². The van der Waals surface area contributed by atoms with Crippen molar-refractivity contribution in [3.63, 3.8) is 0 Å². The molecule has 0 saturated carbocycles. The molecule has 1 amide bonds. The van der Waals surface area contributed by atoms with Gasteiger partial charge in [0.1, 0.15) is 5.82 Å². The number of amides is 1. The standard InChI is InChI=1S/C18H17ClFNO3/c1-12(18(23)21-16-9-8-14(20)11-15(16)19)24-17(22)10-7-13-5-3-2-4-6-13/h2-6,8-9,11-12H,7,10H2,1H3,(H,21,23)/t12-/m0/s1. The van der Waals surface area contributed by atoms with Crippen molar-refractivity contribution in [3.05, 3.63) is 64.9 Å². The molecule has 0 aromatic heterocycles. The number of hydrogen-bond donors (Lipinski definition) is 1. The van der Waals surface area contributed by atoms with Crippen LogP contribution in [0.1, 0.15) is 18.9 Å². The summed E-state index contributed by atoms with van der Waals surface area (Å²) in [6.07, 6.45) is -0.258. The summed E-state index contributed by atoms with van der Waals surface area (Å²) in [5, 5.41) is 2.58. The molecule has 0 spiro atoms. The van der Waals surface area contributed by atoms with Gasteiger partial charge in [-0.15, -0.1) is 0 Å². The highest BCUT2D eigenvalue weighted by Gasteiger charge is 2.18. The van der Waals surface area contributed by atoms with Gasteiger partial charge in [-0.1, -0.05) is 41.9 Å². The van der Waals surface area contributed by atoms with E-state index < -0.39 is 23.8 Å². The molecule has 0 radical (unpaired) electrons. The summed E-state index contributed by atoms with van der Waals surface area (Å²) < 4.78 is 18.1. The highest BCUT2D eigenvalue weighted by atomic mass is 35.5. The van der Waals surface area contributed by atoms with Gasteiger partial charge in [0.05, 0.1) is 10.7 Å². The van der Waals surface area contributed by atoms with Crippen molar-refractivity contribution in [2.75, 3.05) is 5.32 Å². The largest absolute Gasteiger partial charge is 0.453 e. The second-order valence-corrected chi connectivity index (χ2v) is 5.64. The van der Waals surface area contributed by atoms with Crippen LogP contribution in [0.15, 0.2) is 48.5 Å². The van der Waals surface area contributed by atoms with Crippen LogP contribution >= 0.6 is 11.6 Å². The number of nitrogens with one attached hydrogen (secondary N) is 1. The van der Waals surface area contributed by atoms with Crippen molar-refractivity contribution in [2.45, 2.75) is 25.9 Å². The van der Waals surface area contributed by atoms with Gasteiger partial charge in [0, 0.05) is 6.42 Å². The van der Waals surface area contributed by atoms with Crippen molar-refractivity contribution < 1.29 is 18.7 Å². The van der Waals surface area contributed by atoms with Crippen molar-refractivity contribution in [1.29, 1.82) is 0 Å². The first kappa shape index (κ1) is 17.9. The Morgan fingerprint density at radius 1 is 1.21 bits per heavy atom. The van der Waals surface area contributed by atoms with E-state index in [9.17, 15) is 14.0 Å². The summed E-state index contributed by atoms with van der Waals surface area (Å²) in [4.78, 5) is 23.8. The van der Waals surface area contributed by atoms with Crippen molar-refractivity contribution in [3.8, 4) is 0 Å². The molecule has 1 N–H and O–H groups in total. The van der Waals surface area contributed by atoms with Crippen LogP contribution in [-0.4, -0.2) is 18.0 Å². The molecule has 0 bridgehead atoms. The fourth-order valence-corrected chi connectivity index (χ4v) is 2.24. The average Bonchev–Trinajstić information content (AvgIpc) is 2.56. The summed E-state index contributed by atoms with van der Waals surface area (Å²) in [6.45, 7) is 1.47. The van der Waals surface area contributed by atoms with E-state index >= 15 is 0 Å². The topological polar surface area (TPSA) is 55.4 Å². The van der Waals surface area contributed by atoms with Crippen molar-refractivity contribution >= 4 is 29.2 Å². The second-order valence-electron chi connectivity index (χ2n) is 5.23. The Morgan fingerprint density at radius 3 is 2.58 bits per heavy atom. The molecule has 6 heteroatoms. The van der Waals surface area contributed by atoms with Crippen LogP contribution in [0.5, 0.6) is 0 Å². The Hall–Kier alpha value is -2.40. The number of esters is 1. The molecule has 0 aliphatic carbocycles. The molecule has 1 atom stereocenters. The number of benzene rings is 2. The Bertz CT molecular complexity index is 721. The van der Waals surface area contributed by atoms with Crippen molar-refractivity contribution in [1.82, 2.24) is 0 Å². The van der Waals surface area contributed by atoms with Crippen LogP contribution < -0.4 is 5.32 Å². The fourth-order valence-electron chi connectivity index (χ4n) is 2.03. The van der Waals surface area contributed by atoms with E-state index in [1.807, 2.05) is 30.3 Å². The summed E-state index contributed by atoms with van der Waals surface area (Å²) in [7, 11) is 0. The van der Waals surface area contributed by atoms with Gasteiger partial charge in [-0.2, -0.15) is 0 Å². The number of carbonyl (C=O) groups is 2. The lowest BCUT2D eigenvalue weighted by atomic mass is 10.1. The molecule has 0 heterocycles. The molecule has 0 unspecified atom stereocenters. The Labute approximate surface area is 144 Å². The minimum absolute atomic E-state index is 0.0750. The Morgan fingerprint density at radius 2 is 1.92 bits per heavy atom. The van der Waals surface area contributed by atoms with Gasteiger partial charge in [-0.25, -0.2) is 4.39 Å².